The van der Waals surface area contributed by atoms with Gasteiger partial charge in [0.15, 0.2) is 12.4 Å². The fourth-order valence-electron chi connectivity index (χ4n) is 2.32. The Morgan fingerprint density at radius 3 is 2.38 bits per heavy atom. The van der Waals surface area contributed by atoms with Crippen LogP contribution in [0.4, 0.5) is 10.1 Å². The number of carbonyl (C=O) groups excluding carboxylic acids is 3. The molecule has 0 aliphatic heterocycles. The van der Waals surface area contributed by atoms with Gasteiger partial charge in [0.1, 0.15) is 5.82 Å². The molecule has 0 radical (unpaired) electrons. The van der Waals surface area contributed by atoms with Crippen LogP contribution in [0.2, 0.25) is 0 Å². The average Bonchev–Trinajstić information content (AvgIpc) is 2.65. The van der Waals surface area contributed by atoms with Crippen LogP contribution < -0.4 is 5.32 Å². The number of anilines is 1. The van der Waals surface area contributed by atoms with E-state index in [9.17, 15) is 18.8 Å². The number of Topliss-reactive ketones (excluding diaryl/α,β-unsaturated/α-hetero) is 1. The SMILES string of the molecule is CCc1ccccc1NC(=O)CCC(=O)OCC(=O)c1ccc(F)cc1. The lowest BCUT2D eigenvalue weighted by molar-refractivity contribution is -0.143. The lowest BCUT2D eigenvalue weighted by atomic mass is 10.1. The summed E-state index contributed by atoms with van der Waals surface area (Å²) in [6, 6.07) is 12.4. The van der Waals surface area contributed by atoms with Crippen LogP contribution in [0, 0.1) is 5.82 Å². The van der Waals surface area contributed by atoms with Crippen LogP contribution in [0.25, 0.3) is 0 Å². The number of ether oxygens (including phenoxy) is 1. The van der Waals surface area contributed by atoms with Gasteiger partial charge in [-0.2, -0.15) is 0 Å². The molecule has 0 atom stereocenters. The van der Waals surface area contributed by atoms with Gasteiger partial charge in [0, 0.05) is 17.7 Å². The summed E-state index contributed by atoms with van der Waals surface area (Å²) >= 11 is 0. The minimum atomic E-state index is -0.639. The molecule has 1 amide bonds. The summed E-state index contributed by atoms with van der Waals surface area (Å²) in [5, 5.41) is 2.76. The molecule has 0 spiro atoms. The minimum Gasteiger partial charge on any atom is -0.457 e. The summed E-state index contributed by atoms with van der Waals surface area (Å²) in [6.07, 6.45) is 0.614. The molecule has 136 valence electrons. The van der Waals surface area contributed by atoms with Gasteiger partial charge >= 0.3 is 5.97 Å². The van der Waals surface area contributed by atoms with Crippen LogP contribution >= 0.6 is 0 Å². The van der Waals surface area contributed by atoms with Gasteiger partial charge in [0.25, 0.3) is 0 Å². The van der Waals surface area contributed by atoms with Crippen molar-refractivity contribution in [2.45, 2.75) is 26.2 Å². The summed E-state index contributed by atoms with van der Waals surface area (Å²) in [7, 11) is 0. The number of ketones is 1. The number of esters is 1. The highest BCUT2D eigenvalue weighted by molar-refractivity contribution is 5.98. The van der Waals surface area contributed by atoms with E-state index >= 15 is 0 Å². The molecule has 0 fully saturated rings. The highest BCUT2D eigenvalue weighted by atomic mass is 19.1. The molecule has 0 saturated carbocycles. The second-order valence-electron chi connectivity index (χ2n) is 5.65. The molecule has 26 heavy (non-hydrogen) atoms. The number of benzene rings is 2. The Morgan fingerprint density at radius 1 is 1.00 bits per heavy atom. The summed E-state index contributed by atoms with van der Waals surface area (Å²) < 4.78 is 17.7. The van der Waals surface area contributed by atoms with Crippen molar-refractivity contribution in [1.82, 2.24) is 0 Å². The molecule has 2 aromatic carbocycles. The molecule has 0 aliphatic rings. The Labute approximate surface area is 151 Å². The highest BCUT2D eigenvalue weighted by Gasteiger charge is 2.12. The van der Waals surface area contributed by atoms with Gasteiger partial charge in [-0.25, -0.2) is 4.39 Å². The van der Waals surface area contributed by atoms with E-state index in [-0.39, 0.29) is 24.3 Å². The second-order valence-corrected chi connectivity index (χ2v) is 5.65. The maximum Gasteiger partial charge on any atom is 0.306 e. The van der Waals surface area contributed by atoms with Crippen LogP contribution in [-0.4, -0.2) is 24.3 Å². The first-order valence-electron chi connectivity index (χ1n) is 8.31. The third-order valence-electron chi connectivity index (χ3n) is 3.76. The zero-order chi connectivity index (χ0) is 18.9. The van der Waals surface area contributed by atoms with Gasteiger partial charge in [0.05, 0.1) is 6.42 Å². The number of rotatable bonds is 8. The number of para-hydroxylation sites is 1. The van der Waals surface area contributed by atoms with E-state index in [4.69, 9.17) is 4.74 Å². The molecule has 0 bridgehead atoms. The van der Waals surface area contributed by atoms with Gasteiger partial charge in [-0.05, 0) is 42.3 Å². The Kier molecular flexibility index (Phi) is 7.02. The normalized spacial score (nSPS) is 10.2. The van der Waals surface area contributed by atoms with Crippen LogP contribution in [0.5, 0.6) is 0 Å². The van der Waals surface area contributed by atoms with Gasteiger partial charge in [0.2, 0.25) is 5.91 Å². The van der Waals surface area contributed by atoms with E-state index < -0.39 is 24.2 Å². The Balaban J connectivity index is 1.75. The molecular formula is C20H20FNO4. The van der Waals surface area contributed by atoms with Crippen molar-refractivity contribution in [3.8, 4) is 0 Å². The lowest BCUT2D eigenvalue weighted by Crippen LogP contribution is -2.18. The minimum absolute atomic E-state index is 0.0401. The monoisotopic (exact) mass is 357 g/mol. The van der Waals surface area contributed by atoms with E-state index in [2.05, 4.69) is 5.32 Å². The first-order valence-corrected chi connectivity index (χ1v) is 8.31. The fourth-order valence-corrected chi connectivity index (χ4v) is 2.32. The molecule has 0 unspecified atom stereocenters. The maximum absolute atomic E-state index is 12.8. The predicted octanol–water partition coefficient (Wildman–Crippen LogP) is 3.53. The standard InChI is InChI=1S/C20H20FNO4/c1-2-14-5-3-4-6-17(14)22-19(24)11-12-20(25)26-13-18(23)15-7-9-16(21)10-8-15/h3-10H,2,11-13H2,1H3,(H,22,24). The molecule has 0 saturated heterocycles. The number of halogens is 1. The molecule has 6 heteroatoms. The summed E-state index contributed by atoms with van der Waals surface area (Å²) in [5.41, 5.74) is 1.99. The third-order valence-corrected chi connectivity index (χ3v) is 3.76. The zero-order valence-corrected chi connectivity index (χ0v) is 14.5. The summed E-state index contributed by atoms with van der Waals surface area (Å²) in [4.78, 5) is 35.5. The van der Waals surface area contributed by atoms with E-state index in [1.54, 1.807) is 6.07 Å². The number of nitrogens with one attached hydrogen (secondary N) is 1. The average molecular weight is 357 g/mol. The second kappa shape index (κ2) is 9.46. The molecule has 0 aromatic heterocycles. The molecule has 0 aliphatic carbocycles. The van der Waals surface area contributed by atoms with Crippen molar-refractivity contribution < 1.29 is 23.5 Å². The molecule has 1 N–H and O–H groups in total. The third kappa shape index (κ3) is 5.81. The smallest absolute Gasteiger partial charge is 0.306 e. The van der Waals surface area contributed by atoms with Crippen molar-refractivity contribution in [2.24, 2.45) is 0 Å². The number of amides is 1. The Hall–Kier alpha value is -3.02. The molecule has 5 nitrogen and oxygen atoms in total. The molecule has 0 heterocycles. The van der Waals surface area contributed by atoms with Crippen molar-refractivity contribution >= 4 is 23.3 Å². The lowest BCUT2D eigenvalue weighted by Gasteiger charge is -2.09. The first-order chi connectivity index (χ1) is 12.5. The summed E-state index contributed by atoms with van der Waals surface area (Å²) in [6.45, 7) is 1.55. The van der Waals surface area contributed by atoms with Crippen molar-refractivity contribution in [1.29, 1.82) is 0 Å². The van der Waals surface area contributed by atoms with E-state index in [0.717, 1.165) is 29.8 Å². The fraction of sp³-hybridized carbons (Fsp3) is 0.250. The first kappa shape index (κ1) is 19.3. The van der Waals surface area contributed by atoms with E-state index in [0.29, 0.717) is 0 Å². The highest BCUT2D eigenvalue weighted by Crippen LogP contribution is 2.15. The maximum atomic E-state index is 12.8. The van der Waals surface area contributed by atoms with Gasteiger partial charge in [-0.1, -0.05) is 25.1 Å². The molecule has 2 aromatic rings. The van der Waals surface area contributed by atoms with E-state index in [1.165, 1.54) is 12.1 Å². The van der Waals surface area contributed by atoms with Crippen LogP contribution in [0.1, 0.15) is 35.7 Å². The van der Waals surface area contributed by atoms with Crippen molar-refractivity contribution in [3.05, 3.63) is 65.5 Å². The van der Waals surface area contributed by atoms with Gasteiger partial charge < -0.3 is 10.1 Å². The number of carbonyl (C=O) groups is 3. The van der Waals surface area contributed by atoms with Crippen LogP contribution in [0.3, 0.4) is 0 Å². The van der Waals surface area contributed by atoms with Crippen LogP contribution in [-0.2, 0) is 20.7 Å². The number of aryl methyl sites for hydroxylation is 1. The topological polar surface area (TPSA) is 72.5 Å². The zero-order valence-electron chi connectivity index (χ0n) is 14.5. The van der Waals surface area contributed by atoms with Crippen LogP contribution in [0.15, 0.2) is 48.5 Å². The molecular weight excluding hydrogens is 337 g/mol. The largest absolute Gasteiger partial charge is 0.457 e. The quantitative estimate of drug-likeness (QED) is 0.579. The molecule has 2 rings (SSSR count). The summed E-state index contributed by atoms with van der Waals surface area (Å²) in [5.74, 6) is -1.82. The van der Waals surface area contributed by atoms with Gasteiger partial charge in [-0.3, -0.25) is 14.4 Å². The van der Waals surface area contributed by atoms with Gasteiger partial charge in [-0.15, -0.1) is 0 Å². The predicted molar refractivity (Wildman–Crippen MR) is 95.4 cm³/mol. The number of hydrogen-bond donors (Lipinski definition) is 1. The van der Waals surface area contributed by atoms with Crippen molar-refractivity contribution in [2.75, 3.05) is 11.9 Å². The Morgan fingerprint density at radius 2 is 1.69 bits per heavy atom. The Bertz CT molecular complexity index is 787. The van der Waals surface area contributed by atoms with E-state index in [1.807, 2.05) is 25.1 Å². The van der Waals surface area contributed by atoms with Crippen molar-refractivity contribution in [3.63, 3.8) is 0 Å². The number of hydrogen-bond acceptors (Lipinski definition) is 4.